The minimum absolute atomic E-state index is 0.0749. The van der Waals surface area contributed by atoms with Gasteiger partial charge in [0.15, 0.2) is 0 Å². The summed E-state index contributed by atoms with van der Waals surface area (Å²) in [6, 6.07) is 10.3. The van der Waals surface area contributed by atoms with Gasteiger partial charge in [-0.05, 0) is 68.0 Å². The summed E-state index contributed by atoms with van der Waals surface area (Å²) in [5.74, 6) is -0.847. The lowest BCUT2D eigenvalue weighted by Gasteiger charge is -2.28. The number of anilines is 1. The average molecular weight is 462 g/mol. The molecule has 3 N–H and O–H groups in total. The first-order valence-corrected chi connectivity index (χ1v) is 12.0. The Morgan fingerprint density at radius 2 is 1.69 bits per heavy atom. The summed E-state index contributed by atoms with van der Waals surface area (Å²) in [5.41, 5.74) is 2.05. The lowest BCUT2D eigenvalue weighted by atomic mass is 9.86. The van der Waals surface area contributed by atoms with Crippen LogP contribution in [0.1, 0.15) is 43.7 Å². The number of carbonyl (C=O) groups is 2. The molecule has 1 fully saturated rings. The summed E-state index contributed by atoms with van der Waals surface area (Å²) in [6.07, 6.45) is 2.26. The predicted octanol–water partition coefficient (Wildman–Crippen LogP) is 3.25. The second-order valence-electron chi connectivity index (χ2n) is 8.17. The van der Waals surface area contributed by atoms with Gasteiger partial charge in [-0.3, -0.25) is 9.59 Å². The highest BCUT2D eigenvalue weighted by molar-refractivity contribution is 7.89. The molecule has 1 aliphatic carbocycles. The molecule has 0 atom stereocenters. The van der Waals surface area contributed by atoms with Crippen molar-refractivity contribution >= 4 is 27.5 Å². The first kappa shape index (κ1) is 23.9. The Balaban J connectivity index is 1.53. The smallest absolute Gasteiger partial charge is 0.240 e. The van der Waals surface area contributed by atoms with E-state index in [0.717, 1.165) is 11.1 Å². The molecule has 2 aromatic rings. The molecule has 0 aromatic heterocycles. The zero-order valence-electron chi connectivity index (χ0n) is 18.2. The van der Waals surface area contributed by atoms with Gasteiger partial charge in [0, 0.05) is 31.1 Å². The van der Waals surface area contributed by atoms with Crippen molar-refractivity contribution in [3.05, 3.63) is 59.4 Å². The molecular formula is C23H28FN3O4S. The number of amides is 2. The maximum absolute atomic E-state index is 13.0. The van der Waals surface area contributed by atoms with Gasteiger partial charge in [0.25, 0.3) is 0 Å². The number of nitrogens with one attached hydrogen (secondary N) is 3. The molecule has 0 bridgehead atoms. The van der Waals surface area contributed by atoms with Gasteiger partial charge in [0.2, 0.25) is 21.8 Å². The Bertz CT molecular complexity index is 1080. The topological polar surface area (TPSA) is 104 Å². The molecule has 0 unspecified atom stereocenters. The third-order valence-electron chi connectivity index (χ3n) is 5.63. The third kappa shape index (κ3) is 6.37. The van der Waals surface area contributed by atoms with Gasteiger partial charge in [-0.25, -0.2) is 17.5 Å². The lowest BCUT2D eigenvalue weighted by Crippen LogP contribution is -2.40. The zero-order chi connectivity index (χ0) is 23.3. The van der Waals surface area contributed by atoms with Crippen molar-refractivity contribution in [1.29, 1.82) is 0 Å². The highest BCUT2D eigenvalue weighted by Crippen LogP contribution is 2.27. The standard InChI is InChI=1S/C23H28FN3O4S/c1-15-3-12-21(13-22(15)26-16(2)28)32(30,31)27-20-10-6-18(7-11-20)23(29)25-14-17-4-8-19(24)9-5-17/h3-5,8-9,12-13,18,20,27H,6-7,10-11,14H2,1-2H3,(H,25,29)(H,26,28). The summed E-state index contributed by atoms with van der Waals surface area (Å²) in [4.78, 5) is 23.9. The van der Waals surface area contributed by atoms with Gasteiger partial charge >= 0.3 is 0 Å². The van der Waals surface area contributed by atoms with Crippen LogP contribution in [0.25, 0.3) is 0 Å². The van der Waals surface area contributed by atoms with Gasteiger partial charge in [0.1, 0.15) is 5.82 Å². The van der Waals surface area contributed by atoms with E-state index >= 15 is 0 Å². The zero-order valence-corrected chi connectivity index (χ0v) is 19.0. The molecule has 0 radical (unpaired) electrons. The van der Waals surface area contributed by atoms with E-state index in [1.54, 1.807) is 25.1 Å². The number of carbonyl (C=O) groups excluding carboxylic acids is 2. The number of benzene rings is 2. The number of hydrogen-bond donors (Lipinski definition) is 3. The molecule has 2 amide bonds. The lowest BCUT2D eigenvalue weighted by molar-refractivity contribution is -0.126. The van der Waals surface area contributed by atoms with Crippen molar-refractivity contribution in [3.63, 3.8) is 0 Å². The summed E-state index contributed by atoms with van der Waals surface area (Å²) in [7, 11) is -3.75. The van der Waals surface area contributed by atoms with Crippen LogP contribution < -0.4 is 15.4 Å². The number of hydrogen-bond acceptors (Lipinski definition) is 4. The van der Waals surface area contributed by atoms with Gasteiger partial charge in [0.05, 0.1) is 4.90 Å². The number of rotatable bonds is 7. The van der Waals surface area contributed by atoms with E-state index in [1.165, 1.54) is 31.2 Å². The average Bonchev–Trinajstić information content (AvgIpc) is 2.74. The van der Waals surface area contributed by atoms with E-state index in [4.69, 9.17) is 0 Å². The van der Waals surface area contributed by atoms with Gasteiger partial charge in [-0.1, -0.05) is 18.2 Å². The first-order chi connectivity index (χ1) is 15.1. The Labute approximate surface area is 187 Å². The SMILES string of the molecule is CC(=O)Nc1cc(S(=O)(=O)NC2CCC(C(=O)NCc3ccc(F)cc3)CC2)ccc1C. The van der Waals surface area contributed by atoms with Crippen molar-refractivity contribution in [3.8, 4) is 0 Å². The Hall–Kier alpha value is -2.78. The monoisotopic (exact) mass is 461 g/mol. The van der Waals surface area contributed by atoms with Crippen LogP contribution in [0.5, 0.6) is 0 Å². The summed E-state index contributed by atoms with van der Waals surface area (Å²) in [6.45, 7) is 3.49. The molecule has 3 rings (SSSR count). The molecule has 1 saturated carbocycles. The van der Waals surface area contributed by atoms with Crippen LogP contribution in [-0.2, 0) is 26.2 Å². The van der Waals surface area contributed by atoms with Crippen LogP contribution in [0.3, 0.4) is 0 Å². The number of aryl methyl sites for hydroxylation is 1. The largest absolute Gasteiger partial charge is 0.352 e. The van der Waals surface area contributed by atoms with Crippen LogP contribution in [-0.4, -0.2) is 26.3 Å². The molecule has 0 aliphatic heterocycles. The molecule has 0 spiro atoms. The van der Waals surface area contributed by atoms with Crippen molar-refractivity contribution in [1.82, 2.24) is 10.0 Å². The van der Waals surface area contributed by atoms with Crippen molar-refractivity contribution in [2.45, 2.75) is 57.0 Å². The van der Waals surface area contributed by atoms with Gasteiger partial charge < -0.3 is 10.6 Å². The Morgan fingerprint density at radius 3 is 2.31 bits per heavy atom. The summed E-state index contributed by atoms with van der Waals surface area (Å²) >= 11 is 0. The normalized spacial score (nSPS) is 18.7. The number of halogens is 1. The molecule has 1 aliphatic rings. The van der Waals surface area contributed by atoms with Crippen molar-refractivity contribution in [2.24, 2.45) is 5.92 Å². The molecule has 0 saturated heterocycles. The third-order valence-corrected chi connectivity index (χ3v) is 7.15. The highest BCUT2D eigenvalue weighted by Gasteiger charge is 2.29. The molecule has 172 valence electrons. The van der Waals surface area contributed by atoms with Crippen molar-refractivity contribution in [2.75, 3.05) is 5.32 Å². The van der Waals surface area contributed by atoms with Gasteiger partial charge in [-0.15, -0.1) is 0 Å². The molecular weight excluding hydrogens is 433 g/mol. The molecule has 32 heavy (non-hydrogen) atoms. The quantitative estimate of drug-likeness (QED) is 0.589. The number of sulfonamides is 1. The van der Waals surface area contributed by atoms with Crippen LogP contribution in [0.4, 0.5) is 10.1 Å². The highest BCUT2D eigenvalue weighted by atomic mass is 32.2. The van der Waals surface area contributed by atoms with E-state index in [-0.39, 0.29) is 34.5 Å². The second kappa shape index (κ2) is 10.2. The van der Waals surface area contributed by atoms with E-state index in [1.807, 2.05) is 0 Å². The molecule has 0 heterocycles. The van der Waals surface area contributed by atoms with Gasteiger partial charge in [-0.2, -0.15) is 0 Å². The van der Waals surface area contributed by atoms with E-state index < -0.39 is 10.0 Å². The molecule has 9 heteroatoms. The van der Waals surface area contributed by atoms with Crippen molar-refractivity contribution < 1.29 is 22.4 Å². The summed E-state index contributed by atoms with van der Waals surface area (Å²) < 4.78 is 41.3. The van der Waals surface area contributed by atoms with Crippen LogP contribution >= 0.6 is 0 Å². The minimum atomic E-state index is -3.75. The van der Waals surface area contributed by atoms with Crippen LogP contribution in [0, 0.1) is 18.7 Å². The fraction of sp³-hybridized carbons (Fsp3) is 0.391. The maximum Gasteiger partial charge on any atom is 0.240 e. The Kier molecular flexibility index (Phi) is 7.63. The van der Waals surface area contributed by atoms with E-state index in [0.29, 0.717) is 37.9 Å². The first-order valence-electron chi connectivity index (χ1n) is 10.6. The fourth-order valence-electron chi connectivity index (χ4n) is 3.79. The molecule has 2 aromatic carbocycles. The maximum atomic E-state index is 13.0. The minimum Gasteiger partial charge on any atom is -0.352 e. The van der Waals surface area contributed by atoms with E-state index in [9.17, 15) is 22.4 Å². The van der Waals surface area contributed by atoms with E-state index in [2.05, 4.69) is 15.4 Å². The van der Waals surface area contributed by atoms with Crippen LogP contribution in [0.2, 0.25) is 0 Å². The second-order valence-corrected chi connectivity index (χ2v) is 9.89. The predicted molar refractivity (Wildman–Crippen MR) is 120 cm³/mol. The Morgan fingerprint density at radius 1 is 1.03 bits per heavy atom. The summed E-state index contributed by atoms with van der Waals surface area (Å²) in [5, 5.41) is 5.51. The van der Waals surface area contributed by atoms with Crippen LogP contribution in [0.15, 0.2) is 47.4 Å². The molecule has 7 nitrogen and oxygen atoms in total. The fourth-order valence-corrected chi connectivity index (χ4v) is 5.12.